The number of aromatic amines is 1. The van der Waals surface area contributed by atoms with Gasteiger partial charge in [-0.1, -0.05) is 0 Å². The zero-order chi connectivity index (χ0) is 15.0. The van der Waals surface area contributed by atoms with Crippen molar-refractivity contribution in [2.24, 2.45) is 0 Å². The number of nitrogens with zero attached hydrogens (tertiary/aromatic N) is 2. The summed E-state index contributed by atoms with van der Waals surface area (Å²) in [6.45, 7) is 1.69. The van der Waals surface area contributed by atoms with Gasteiger partial charge in [-0.3, -0.25) is 5.10 Å². The maximum Gasteiger partial charge on any atom is 0.434 e. The van der Waals surface area contributed by atoms with Crippen molar-refractivity contribution < 1.29 is 21.6 Å². The summed E-state index contributed by atoms with van der Waals surface area (Å²) in [7, 11) is -3.60. The molecule has 0 aliphatic rings. The zero-order valence-corrected chi connectivity index (χ0v) is 11.9. The summed E-state index contributed by atoms with van der Waals surface area (Å²) in [5.74, 6) is -0.827. The van der Waals surface area contributed by atoms with Crippen LogP contribution in [0.4, 0.5) is 13.2 Å². The maximum atomic E-state index is 12.4. The van der Waals surface area contributed by atoms with Gasteiger partial charge in [-0.15, -0.1) is 11.3 Å². The number of rotatable bonds is 4. The quantitative estimate of drug-likeness (QED) is 0.936. The van der Waals surface area contributed by atoms with E-state index < -0.39 is 27.5 Å². The van der Waals surface area contributed by atoms with Crippen LogP contribution in [-0.2, 0) is 27.5 Å². The number of H-pyrrole nitrogens is 1. The third-order valence-corrected chi connectivity index (χ3v) is 4.96. The molecular formula is C10H10F3N3O2S2. The van der Waals surface area contributed by atoms with E-state index in [0.29, 0.717) is 22.6 Å². The van der Waals surface area contributed by atoms with E-state index in [1.165, 1.54) is 6.20 Å². The van der Waals surface area contributed by atoms with Crippen LogP contribution in [-0.4, -0.2) is 23.6 Å². The molecule has 2 aromatic heterocycles. The first-order chi connectivity index (χ1) is 9.17. The Labute approximate surface area is 116 Å². The van der Waals surface area contributed by atoms with Gasteiger partial charge in [0, 0.05) is 5.38 Å². The van der Waals surface area contributed by atoms with Crippen molar-refractivity contribution >= 4 is 21.2 Å². The van der Waals surface area contributed by atoms with E-state index in [1.807, 2.05) is 0 Å². The summed E-state index contributed by atoms with van der Waals surface area (Å²) >= 11 is 0.684. The molecule has 2 heterocycles. The van der Waals surface area contributed by atoms with Gasteiger partial charge in [0.2, 0.25) is 0 Å². The van der Waals surface area contributed by atoms with Gasteiger partial charge in [-0.05, 0) is 12.5 Å². The van der Waals surface area contributed by atoms with E-state index >= 15 is 0 Å². The van der Waals surface area contributed by atoms with Gasteiger partial charge in [0.25, 0.3) is 0 Å². The van der Waals surface area contributed by atoms with Crippen molar-refractivity contribution in [3.63, 3.8) is 0 Å². The summed E-state index contributed by atoms with van der Waals surface area (Å²) in [5, 5.41) is 6.99. The number of hydrogen-bond donors (Lipinski definition) is 1. The first-order valence-corrected chi connectivity index (χ1v) is 8.08. The van der Waals surface area contributed by atoms with Crippen molar-refractivity contribution in [2.75, 3.05) is 0 Å². The molecule has 2 aromatic rings. The van der Waals surface area contributed by atoms with Crippen LogP contribution in [0, 0.1) is 6.92 Å². The Morgan fingerprint density at radius 1 is 1.35 bits per heavy atom. The smallest absolute Gasteiger partial charge is 0.281 e. The second-order valence-corrected chi connectivity index (χ2v) is 7.20. The minimum absolute atomic E-state index is 0.0745. The number of aryl methyl sites for hydroxylation is 1. The summed E-state index contributed by atoms with van der Waals surface area (Å²) in [6.07, 6.45) is -3.07. The molecule has 0 atom stereocenters. The lowest BCUT2D eigenvalue weighted by Crippen LogP contribution is -2.10. The number of thiazole rings is 1. The molecule has 0 amide bonds. The molecule has 110 valence electrons. The van der Waals surface area contributed by atoms with Gasteiger partial charge >= 0.3 is 6.18 Å². The Morgan fingerprint density at radius 3 is 2.55 bits per heavy atom. The highest BCUT2D eigenvalue weighted by atomic mass is 32.2. The van der Waals surface area contributed by atoms with Crippen LogP contribution >= 0.6 is 11.3 Å². The van der Waals surface area contributed by atoms with E-state index in [9.17, 15) is 21.6 Å². The average Bonchev–Trinajstić information content (AvgIpc) is 2.87. The van der Waals surface area contributed by atoms with E-state index in [2.05, 4.69) is 15.2 Å². The highest BCUT2D eigenvalue weighted by molar-refractivity contribution is 7.89. The third kappa shape index (κ3) is 3.57. The lowest BCUT2D eigenvalue weighted by Gasteiger charge is -2.02. The molecule has 0 aliphatic carbocycles. The fourth-order valence-corrected chi connectivity index (χ4v) is 4.16. The summed E-state index contributed by atoms with van der Waals surface area (Å²) in [5.41, 5.74) is 0.0479. The Morgan fingerprint density at radius 2 is 2.05 bits per heavy atom. The molecule has 0 unspecified atom stereocenters. The molecule has 20 heavy (non-hydrogen) atoms. The van der Waals surface area contributed by atoms with Crippen LogP contribution < -0.4 is 0 Å². The van der Waals surface area contributed by atoms with Crippen molar-refractivity contribution in [2.45, 2.75) is 24.6 Å². The van der Waals surface area contributed by atoms with Gasteiger partial charge in [0.15, 0.2) is 15.5 Å². The summed E-state index contributed by atoms with van der Waals surface area (Å²) in [4.78, 5) is 3.31. The van der Waals surface area contributed by atoms with E-state index in [1.54, 1.807) is 6.92 Å². The van der Waals surface area contributed by atoms with Crippen molar-refractivity contribution in [1.82, 2.24) is 15.2 Å². The number of halogens is 3. The maximum absolute atomic E-state index is 12.4. The van der Waals surface area contributed by atoms with Crippen LogP contribution in [0.25, 0.3) is 0 Å². The molecule has 0 radical (unpaired) electrons. The van der Waals surface area contributed by atoms with Crippen LogP contribution in [0.5, 0.6) is 0 Å². The van der Waals surface area contributed by atoms with Crippen molar-refractivity contribution in [1.29, 1.82) is 0 Å². The number of aromatic nitrogens is 3. The molecule has 0 saturated heterocycles. The molecule has 0 aliphatic heterocycles. The molecule has 0 aromatic carbocycles. The Hall–Kier alpha value is -1.42. The molecule has 0 spiro atoms. The predicted octanol–water partition coefficient (Wildman–Crippen LogP) is 2.31. The lowest BCUT2D eigenvalue weighted by molar-refractivity contribution is -0.140. The number of hydrogen-bond acceptors (Lipinski definition) is 5. The van der Waals surface area contributed by atoms with Gasteiger partial charge in [-0.2, -0.15) is 18.3 Å². The first kappa shape index (κ1) is 15.0. The van der Waals surface area contributed by atoms with Gasteiger partial charge in [-0.25, -0.2) is 13.4 Å². The second kappa shape index (κ2) is 5.17. The minimum atomic E-state index is -4.56. The van der Waals surface area contributed by atoms with E-state index in [-0.39, 0.29) is 10.8 Å². The van der Waals surface area contributed by atoms with Crippen molar-refractivity contribution in [3.8, 4) is 0 Å². The van der Waals surface area contributed by atoms with Crippen LogP contribution in [0.15, 0.2) is 11.6 Å². The lowest BCUT2D eigenvalue weighted by atomic mass is 10.3. The van der Waals surface area contributed by atoms with Gasteiger partial charge < -0.3 is 0 Å². The minimum Gasteiger partial charge on any atom is -0.281 e. The molecule has 0 bridgehead atoms. The Balaban J connectivity index is 2.13. The molecule has 0 saturated carbocycles. The van der Waals surface area contributed by atoms with Crippen LogP contribution in [0.2, 0.25) is 0 Å². The second-order valence-electron chi connectivity index (χ2n) is 4.19. The summed E-state index contributed by atoms with van der Waals surface area (Å²) in [6, 6.07) is 0. The Kier molecular flexibility index (Phi) is 3.87. The SMILES string of the molecule is Cc1cn[nH]c1CS(=O)(=O)Cc1nc(C(F)(F)F)cs1. The fourth-order valence-electron chi connectivity index (χ4n) is 1.49. The monoisotopic (exact) mass is 325 g/mol. The van der Waals surface area contributed by atoms with Crippen molar-refractivity contribution in [3.05, 3.63) is 33.5 Å². The molecule has 0 fully saturated rings. The molecule has 1 N–H and O–H groups in total. The zero-order valence-electron chi connectivity index (χ0n) is 10.2. The molecule has 2 rings (SSSR count). The number of alkyl halides is 3. The number of nitrogens with one attached hydrogen (secondary N) is 1. The topological polar surface area (TPSA) is 75.7 Å². The van der Waals surface area contributed by atoms with Crippen LogP contribution in [0.1, 0.15) is 22.0 Å². The first-order valence-electron chi connectivity index (χ1n) is 5.38. The largest absolute Gasteiger partial charge is 0.434 e. The third-order valence-electron chi connectivity index (χ3n) is 2.48. The van der Waals surface area contributed by atoms with Crippen LogP contribution in [0.3, 0.4) is 0 Å². The molecule has 10 heteroatoms. The average molecular weight is 325 g/mol. The van der Waals surface area contributed by atoms with Gasteiger partial charge in [0.05, 0.1) is 17.6 Å². The summed E-state index contributed by atoms with van der Waals surface area (Å²) < 4.78 is 61.0. The molecule has 5 nitrogen and oxygen atoms in total. The molecular weight excluding hydrogens is 315 g/mol. The normalized spacial score (nSPS) is 12.8. The standard InChI is InChI=1S/C10H10F3N3O2S2/c1-6-2-14-16-7(6)4-20(17,18)5-9-15-8(3-19-9)10(11,12)13/h2-3H,4-5H2,1H3,(H,14,16). The fraction of sp³-hybridized carbons (Fsp3) is 0.400. The van der Waals surface area contributed by atoms with Gasteiger partial charge in [0.1, 0.15) is 10.8 Å². The highest BCUT2D eigenvalue weighted by Gasteiger charge is 2.34. The predicted molar refractivity (Wildman–Crippen MR) is 66.8 cm³/mol. The number of sulfone groups is 1. The Bertz CT molecular complexity index is 703. The highest BCUT2D eigenvalue weighted by Crippen LogP contribution is 2.30. The van der Waals surface area contributed by atoms with E-state index in [0.717, 1.165) is 5.38 Å². The van der Waals surface area contributed by atoms with E-state index in [4.69, 9.17) is 0 Å².